The molecule has 1 aromatic heterocycles. The number of nitrogens with zero attached hydrogens (tertiary/aromatic N) is 1. The number of imidazole rings is 1. The van der Waals surface area contributed by atoms with Gasteiger partial charge in [0.25, 0.3) is 0 Å². The van der Waals surface area contributed by atoms with Gasteiger partial charge in [-0.1, -0.05) is 54.6 Å². The van der Waals surface area contributed by atoms with Crippen molar-refractivity contribution < 1.29 is 14.3 Å². The first-order chi connectivity index (χ1) is 16.2. The largest absolute Gasteiger partial charge is 0.497 e. The summed E-state index contributed by atoms with van der Waals surface area (Å²) in [6.45, 7) is 0.366. The van der Waals surface area contributed by atoms with Gasteiger partial charge in [-0.2, -0.15) is 0 Å². The molecule has 1 heterocycles. The van der Waals surface area contributed by atoms with Crippen molar-refractivity contribution in [1.29, 1.82) is 0 Å². The molecule has 0 radical (unpaired) electrons. The van der Waals surface area contributed by atoms with E-state index in [1.54, 1.807) is 14.2 Å². The number of hydrogen-bond donors (Lipinski definition) is 3. The molecule has 0 saturated heterocycles. The Morgan fingerprint density at radius 2 is 1.61 bits per heavy atom. The maximum absolute atomic E-state index is 13.1. The van der Waals surface area contributed by atoms with Gasteiger partial charge in [0, 0.05) is 7.11 Å². The zero-order chi connectivity index (χ0) is 23.0. The van der Waals surface area contributed by atoms with Gasteiger partial charge in [0.1, 0.15) is 11.6 Å². The highest BCUT2D eigenvalue weighted by Gasteiger charge is 2.21. The van der Waals surface area contributed by atoms with Crippen molar-refractivity contribution in [1.82, 2.24) is 20.6 Å². The molecule has 4 aromatic rings. The standard InChI is InChI=1S/C26H28N4O3/c1-32-17-24(19-8-4-3-5-9-19)30-26(31)29-23(16-18-12-14-20(33-2)15-13-18)25-27-21-10-6-7-11-22(21)28-25/h3-15,23-24H,16-17H2,1-2H3,(H,27,28)(H2,29,30,31)/t23-,24-/m1/s1. The van der Waals surface area contributed by atoms with Crippen LogP contribution in [-0.4, -0.2) is 36.8 Å². The minimum absolute atomic E-state index is 0.270. The quantitative estimate of drug-likeness (QED) is 0.354. The fraction of sp³-hybridized carbons (Fsp3) is 0.231. The first kappa shape index (κ1) is 22.4. The van der Waals surface area contributed by atoms with Gasteiger partial charge in [-0.05, 0) is 41.8 Å². The van der Waals surface area contributed by atoms with Crippen LogP contribution in [0.4, 0.5) is 4.79 Å². The number of nitrogens with one attached hydrogen (secondary N) is 3. The number of benzene rings is 3. The predicted octanol–water partition coefficient (Wildman–Crippen LogP) is 4.54. The lowest BCUT2D eigenvalue weighted by atomic mass is 10.1. The SMILES string of the molecule is COC[C@@H](NC(=O)N[C@H](Cc1ccc(OC)cc1)c1nc2ccccc2[nH]1)c1ccccc1. The molecule has 33 heavy (non-hydrogen) atoms. The lowest BCUT2D eigenvalue weighted by Crippen LogP contribution is -2.42. The zero-order valence-corrected chi connectivity index (χ0v) is 18.7. The van der Waals surface area contributed by atoms with Crippen molar-refractivity contribution >= 4 is 17.1 Å². The van der Waals surface area contributed by atoms with E-state index >= 15 is 0 Å². The third kappa shape index (κ3) is 5.70. The van der Waals surface area contributed by atoms with Crippen LogP contribution < -0.4 is 15.4 Å². The van der Waals surface area contributed by atoms with Gasteiger partial charge in [-0.25, -0.2) is 9.78 Å². The Hall–Kier alpha value is -3.84. The maximum Gasteiger partial charge on any atom is 0.315 e. The molecular formula is C26H28N4O3. The Kier molecular flexibility index (Phi) is 7.22. The third-order valence-electron chi connectivity index (χ3n) is 5.48. The number of carbonyl (C=O) groups is 1. The van der Waals surface area contributed by atoms with Gasteiger partial charge in [0.05, 0.1) is 36.8 Å². The predicted molar refractivity (Wildman–Crippen MR) is 128 cm³/mol. The highest BCUT2D eigenvalue weighted by molar-refractivity contribution is 5.77. The van der Waals surface area contributed by atoms with Crippen LogP contribution in [0.25, 0.3) is 11.0 Å². The van der Waals surface area contributed by atoms with Gasteiger partial charge in [-0.3, -0.25) is 0 Å². The highest BCUT2D eigenvalue weighted by Crippen LogP contribution is 2.22. The molecule has 0 bridgehead atoms. The van der Waals surface area contributed by atoms with Gasteiger partial charge in [0.2, 0.25) is 0 Å². The first-order valence-corrected chi connectivity index (χ1v) is 10.8. The first-order valence-electron chi connectivity index (χ1n) is 10.8. The number of H-pyrrole nitrogens is 1. The van der Waals surface area contributed by atoms with Crippen LogP contribution in [0.15, 0.2) is 78.9 Å². The van der Waals surface area contributed by atoms with Gasteiger partial charge in [0.15, 0.2) is 0 Å². The van der Waals surface area contributed by atoms with Crippen molar-refractivity contribution in [3.8, 4) is 5.75 Å². The fourth-order valence-corrected chi connectivity index (χ4v) is 3.78. The number of aromatic nitrogens is 2. The number of rotatable bonds is 9. The van der Waals surface area contributed by atoms with Gasteiger partial charge >= 0.3 is 6.03 Å². The second kappa shape index (κ2) is 10.7. The summed E-state index contributed by atoms with van der Waals surface area (Å²) in [7, 11) is 3.26. The monoisotopic (exact) mass is 444 g/mol. The molecule has 2 amide bonds. The number of ether oxygens (including phenoxy) is 2. The van der Waals surface area contributed by atoms with Crippen LogP contribution in [0.5, 0.6) is 5.75 Å². The molecule has 0 aliphatic carbocycles. The number of methoxy groups -OCH3 is 2. The van der Waals surface area contributed by atoms with Crippen LogP contribution in [-0.2, 0) is 11.2 Å². The van der Waals surface area contributed by atoms with Gasteiger partial charge < -0.3 is 25.1 Å². The molecular weight excluding hydrogens is 416 g/mol. The van der Waals surface area contributed by atoms with Gasteiger partial charge in [-0.15, -0.1) is 0 Å². The number of amides is 2. The van der Waals surface area contributed by atoms with E-state index in [4.69, 9.17) is 14.5 Å². The number of fused-ring (bicyclic) bond motifs is 1. The van der Waals surface area contributed by atoms with Crippen LogP contribution in [0.1, 0.15) is 29.0 Å². The maximum atomic E-state index is 13.1. The summed E-state index contributed by atoms with van der Waals surface area (Å²) in [5.41, 5.74) is 3.81. The van der Waals surface area contributed by atoms with Crippen molar-refractivity contribution in [2.24, 2.45) is 0 Å². The van der Waals surface area contributed by atoms with Crippen molar-refractivity contribution in [3.05, 3.63) is 95.8 Å². The summed E-state index contributed by atoms with van der Waals surface area (Å²) in [5, 5.41) is 6.13. The zero-order valence-electron chi connectivity index (χ0n) is 18.7. The normalized spacial score (nSPS) is 12.8. The molecule has 4 rings (SSSR count). The second-order valence-corrected chi connectivity index (χ2v) is 7.78. The molecule has 0 aliphatic heterocycles. The molecule has 0 unspecified atom stereocenters. The molecule has 3 N–H and O–H groups in total. The summed E-state index contributed by atoms with van der Waals surface area (Å²) in [6.07, 6.45) is 0.567. The van der Waals surface area contributed by atoms with E-state index in [9.17, 15) is 4.79 Å². The average Bonchev–Trinajstić information content (AvgIpc) is 3.29. The summed E-state index contributed by atoms with van der Waals surface area (Å²) in [4.78, 5) is 21.1. The molecule has 0 fully saturated rings. The average molecular weight is 445 g/mol. The summed E-state index contributed by atoms with van der Waals surface area (Å²) >= 11 is 0. The van der Waals surface area contributed by atoms with Crippen LogP contribution in [0.2, 0.25) is 0 Å². The van der Waals surface area contributed by atoms with E-state index in [2.05, 4.69) is 15.6 Å². The Morgan fingerprint density at radius 1 is 0.909 bits per heavy atom. The Bertz CT molecular complexity index is 1140. The summed E-state index contributed by atoms with van der Waals surface area (Å²) in [6, 6.07) is 24.5. The number of aromatic amines is 1. The van der Waals surface area contributed by atoms with E-state index in [1.807, 2.05) is 78.9 Å². The second-order valence-electron chi connectivity index (χ2n) is 7.78. The van der Waals surface area contributed by atoms with Crippen LogP contribution >= 0.6 is 0 Å². The molecule has 3 aromatic carbocycles. The third-order valence-corrected chi connectivity index (χ3v) is 5.48. The topological polar surface area (TPSA) is 88.3 Å². The van der Waals surface area contributed by atoms with Crippen LogP contribution in [0.3, 0.4) is 0 Å². The van der Waals surface area contributed by atoms with Crippen molar-refractivity contribution in [2.45, 2.75) is 18.5 Å². The number of hydrogen-bond acceptors (Lipinski definition) is 4. The number of urea groups is 1. The number of carbonyl (C=O) groups excluding carboxylic acids is 1. The molecule has 0 aliphatic rings. The molecule has 2 atom stereocenters. The molecule has 0 saturated carbocycles. The van der Waals surface area contributed by atoms with E-state index in [0.29, 0.717) is 18.9 Å². The Labute approximate surface area is 193 Å². The molecule has 7 heteroatoms. The van der Waals surface area contributed by atoms with Crippen molar-refractivity contribution in [3.63, 3.8) is 0 Å². The lowest BCUT2D eigenvalue weighted by molar-refractivity contribution is 0.165. The van der Waals surface area contributed by atoms with Crippen LogP contribution in [0, 0.1) is 0 Å². The summed E-state index contributed by atoms with van der Waals surface area (Å²) in [5.74, 6) is 1.49. The number of para-hydroxylation sites is 2. The van der Waals surface area contributed by atoms with E-state index in [-0.39, 0.29) is 18.1 Å². The summed E-state index contributed by atoms with van der Waals surface area (Å²) < 4.78 is 10.6. The lowest BCUT2D eigenvalue weighted by Gasteiger charge is -2.22. The van der Waals surface area contributed by atoms with E-state index < -0.39 is 0 Å². The minimum atomic E-state index is -0.357. The molecule has 170 valence electrons. The smallest absolute Gasteiger partial charge is 0.315 e. The van der Waals surface area contributed by atoms with E-state index in [0.717, 1.165) is 27.9 Å². The molecule has 7 nitrogen and oxygen atoms in total. The fourth-order valence-electron chi connectivity index (χ4n) is 3.78. The molecule has 0 spiro atoms. The Morgan fingerprint density at radius 3 is 2.30 bits per heavy atom. The van der Waals surface area contributed by atoms with E-state index in [1.165, 1.54) is 0 Å². The Balaban J connectivity index is 1.55. The highest BCUT2D eigenvalue weighted by atomic mass is 16.5. The minimum Gasteiger partial charge on any atom is -0.497 e. The van der Waals surface area contributed by atoms with Crippen molar-refractivity contribution in [2.75, 3.05) is 20.8 Å².